The van der Waals surface area contributed by atoms with Crippen molar-refractivity contribution in [2.75, 3.05) is 27.7 Å². The van der Waals surface area contributed by atoms with Crippen LogP contribution in [0.15, 0.2) is 0 Å². The Kier molecular flexibility index (Phi) is 18.1. The molecule has 0 spiro atoms. The number of quaternary nitrogens is 1. The van der Waals surface area contributed by atoms with E-state index in [2.05, 4.69) is 28.1 Å². The van der Waals surface area contributed by atoms with Gasteiger partial charge in [-0.25, -0.2) is 0 Å². The first-order chi connectivity index (χ1) is 10.3. The van der Waals surface area contributed by atoms with Gasteiger partial charge in [0.2, 0.25) is 0 Å². The summed E-state index contributed by atoms with van der Waals surface area (Å²) < 4.78 is 1.12. The summed E-state index contributed by atoms with van der Waals surface area (Å²) in [6.45, 7) is 5.64. The second kappa shape index (κ2) is 16.8. The summed E-state index contributed by atoms with van der Waals surface area (Å²) in [5, 5.41) is 9.76. The van der Waals surface area contributed by atoms with Crippen molar-refractivity contribution in [2.45, 2.75) is 90.9 Å². The molecular weight excluding hydrogens is 274 g/mol. The molecule has 0 aliphatic rings. The van der Waals surface area contributed by atoms with Gasteiger partial charge >= 0.3 is 0 Å². The van der Waals surface area contributed by atoms with Crippen LogP contribution < -0.4 is 5.11 Å². The van der Waals surface area contributed by atoms with Gasteiger partial charge in [0, 0.05) is 5.97 Å². The van der Waals surface area contributed by atoms with Gasteiger partial charge in [0.1, 0.15) is 0 Å². The predicted molar refractivity (Wildman–Crippen MR) is 94.7 cm³/mol. The first-order valence-corrected chi connectivity index (χ1v) is 9.33. The molecule has 0 rings (SSSR count). The Labute approximate surface area is 139 Å². The highest BCUT2D eigenvalue weighted by molar-refractivity contribution is 5.63. The lowest BCUT2D eigenvalue weighted by molar-refractivity contribution is -0.870. The third-order valence-corrected chi connectivity index (χ3v) is 3.67. The lowest BCUT2D eigenvalue weighted by Crippen LogP contribution is -2.35. The van der Waals surface area contributed by atoms with E-state index in [0.29, 0.717) is 0 Å². The Morgan fingerprint density at radius 3 is 1.55 bits per heavy atom. The number of aliphatic carboxylic acids is 1. The number of carbonyl (C=O) groups is 1. The molecule has 0 radical (unpaired) electrons. The van der Waals surface area contributed by atoms with Gasteiger partial charge in [-0.05, 0) is 25.7 Å². The molecule has 0 aromatic heterocycles. The van der Waals surface area contributed by atoms with Crippen LogP contribution in [-0.2, 0) is 4.79 Å². The molecule has 0 saturated carbocycles. The zero-order valence-corrected chi connectivity index (χ0v) is 16.0. The summed E-state index contributed by atoms with van der Waals surface area (Å²) in [6.07, 6.45) is 14.5. The van der Waals surface area contributed by atoms with E-state index >= 15 is 0 Å². The molecule has 0 saturated heterocycles. The van der Waals surface area contributed by atoms with Crippen LogP contribution in [0.5, 0.6) is 0 Å². The molecule has 0 atom stereocenters. The second-order valence-electron chi connectivity index (χ2n) is 7.32. The number of hydrogen-bond acceptors (Lipinski definition) is 2. The third kappa shape index (κ3) is 27.7. The Morgan fingerprint density at radius 1 is 0.727 bits per heavy atom. The molecular formula is C19H41NO2. The Balaban J connectivity index is 0. The first kappa shape index (κ1) is 23.7. The van der Waals surface area contributed by atoms with Crippen molar-refractivity contribution in [3.05, 3.63) is 0 Å². The SMILES string of the molecule is CCCCCC(=O)[O-].CCCCCCCCCC[N+](C)(C)C. The fraction of sp³-hybridized carbons (Fsp3) is 0.947. The summed E-state index contributed by atoms with van der Waals surface area (Å²) in [4.78, 5) is 9.76. The summed E-state index contributed by atoms with van der Waals surface area (Å²) in [6, 6.07) is 0. The predicted octanol–water partition coefficient (Wildman–Crippen LogP) is 4.15. The zero-order valence-electron chi connectivity index (χ0n) is 16.0. The Hall–Kier alpha value is -0.570. The first-order valence-electron chi connectivity index (χ1n) is 9.33. The Morgan fingerprint density at radius 2 is 1.14 bits per heavy atom. The molecule has 0 N–H and O–H groups in total. The van der Waals surface area contributed by atoms with Crippen molar-refractivity contribution >= 4 is 5.97 Å². The second-order valence-corrected chi connectivity index (χ2v) is 7.32. The van der Waals surface area contributed by atoms with Crippen LogP contribution in [-0.4, -0.2) is 38.1 Å². The molecule has 0 unspecified atom stereocenters. The third-order valence-electron chi connectivity index (χ3n) is 3.67. The van der Waals surface area contributed by atoms with E-state index in [1.54, 1.807) is 0 Å². The summed E-state index contributed by atoms with van der Waals surface area (Å²) >= 11 is 0. The maximum Gasteiger partial charge on any atom is 0.0780 e. The average molecular weight is 316 g/mol. The maximum absolute atomic E-state index is 9.76. The van der Waals surface area contributed by atoms with E-state index in [-0.39, 0.29) is 6.42 Å². The zero-order chi connectivity index (χ0) is 17.3. The van der Waals surface area contributed by atoms with Crippen LogP contribution >= 0.6 is 0 Å². The Bertz CT molecular complexity index is 234. The minimum atomic E-state index is -0.932. The van der Waals surface area contributed by atoms with Gasteiger partial charge in [-0.3, -0.25) is 0 Å². The fourth-order valence-corrected chi connectivity index (χ4v) is 2.24. The van der Waals surface area contributed by atoms with Gasteiger partial charge in [0.25, 0.3) is 0 Å². The quantitative estimate of drug-likeness (QED) is 0.378. The molecule has 3 heteroatoms. The van der Waals surface area contributed by atoms with Gasteiger partial charge in [-0.15, -0.1) is 0 Å². The van der Waals surface area contributed by atoms with E-state index in [1.165, 1.54) is 57.9 Å². The number of carboxylic acids is 1. The van der Waals surface area contributed by atoms with E-state index in [4.69, 9.17) is 0 Å². The molecule has 0 aromatic rings. The van der Waals surface area contributed by atoms with E-state index in [1.807, 2.05) is 6.92 Å². The number of rotatable bonds is 13. The van der Waals surface area contributed by atoms with Gasteiger partial charge in [0.15, 0.2) is 0 Å². The monoisotopic (exact) mass is 315 g/mol. The molecule has 0 aliphatic carbocycles. The molecule has 0 amide bonds. The smallest absolute Gasteiger partial charge is 0.0780 e. The summed E-state index contributed by atoms with van der Waals surface area (Å²) in [5.74, 6) is -0.932. The van der Waals surface area contributed by atoms with Crippen LogP contribution in [0.2, 0.25) is 0 Å². The standard InChI is InChI=1S/C13H30N.C6H12O2/c1-5-6-7-8-9-10-11-12-13-14(2,3)4;1-2-3-4-5-6(7)8/h5-13H2,1-4H3;2-5H2,1H3,(H,7,8)/q+1;/p-1. The lowest BCUT2D eigenvalue weighted by atomic mass is 10.1. The molecule has 0 bridgehead atoms. The molecule has 134 valence electrons. The van der Waals surface area contributed by atoms with Crippen LogP contribution in [0.3, 0.4) is 0 Å². The molecule has 3 nitrogen and oxygen atoms in total. The lowest BCUT2D eigenvalue weighted by Gasteiger charge is -2.23. The molecule has 0 heterocycles. The van der Waals surface area contributed by atoms with Crippen molar-refractivity contribution in [3.8, 4) is 0 Å². The van der Waals surface area contributed by atoms with E-state index in [0.717, 1.165) is 23.7 Å². The molecule has 0 aromatic carbocycles. The van der Waals surface area contributed by atoms with Crippen molar-refractivity contribution in [1.29, 1.82) is 0 Å². The highest BCUT2D eigenvalue weighted by atomic mass is 16.4. The largest absolute Gasteiger partial charge is 0.550 e. The number of nitrogens with zero attached hydrogens (tertiary/aromatic N) is 1. The normalized spacial score (nSPS) is 11.0. The summed E-state index contributed by atoms with van der Waals surface area (Å²) in [7, 11) is 6.84. The van der Waals surface area contributed by atoms with Crippen LogP contribution in [0.4, 0.5) is 0 Å². The van der Waals surface area contributed by atoms with Crippen LogP contribution in [0, 0.1) is 0 Å². The number of unbranched alkanes of at least 4 members (excludes halogenated alkanes) is 9. The van der Waals surface area contributed by atoms with Crippen molar-refractivity contribution < 1.29 is 14.4 Å². The van der Waals surface area contributed by atoms with Gasteiger partial charge in [-0.1, -0.05) is 65.2 Å². The maximum atomic E-state index is 9.76. The molecule has 0 aliphatic heterocycles. The van der Waals surface area contributed by atoms with Crippen molar-refractivity contribution in [3.63, 3.8) is 0 Å². The number of carboxylic acid groups (broad SMARTS) is 1. The fourth-order valence-electron chi connectivity index (χ4n) is 2.24. The highest BCUT2D eigenvalue weighted by Gasteiger charge is 2.04. The number of carbonyl (C=O) groups excluding carboxylic acids is 1. The number of hydrogen-bond donors (Lipinski definition) is 0. The van der Waals surface area contributed by atoms with Crippen molar-refractivity contribution in [2.24, 2.45) is 0 Å². The van der Waals surface area contributed by atoms with Crippen LogP contribution in [0.1, 0.15) is 90.9 Å². The summed E-state index contributed by atoms with van der Waals surface area (Å²) in [5.41, 5.74) is 0. The topological polar surface area (TPSA) is 40.1 Å². The van der Waals surface area contributed by atoms with Gasteiger partial charge in [-0.2, -0.15) is 0 Å². The van der Waals surface area contributed by atoms with E-state index in [9.17, 15) is 9.90 Å². The van der Waals surface area contributed by atoms with Gasteiger partial charge < -0.3 is 14.4 Å². The van der Waals surface area contributed by atoms with E-state index < -0.39 is 5.97 Å². The minimum Gasteiger partial charge on any atom is -0.550 e. The highest BCUT2D eigenvalue weighted by Crippen LogP contribution is 2.09. The minimum absolute atomic E-state index is 0.216. The van der Waals surface area contributed by atoms with Crippen LogP contribution in [0.25, 0.3) is 0 Å². The average Bonchev–Trinajstić information content (AvgIpc) is 2.41. The van der Waals surface area contributed by atoms with Gasteiger partial charge in [0.05, 0.1) is 27.7 Å². The molecule has 22 heavy (non-hydrogen) atoms. The molecule has 0 fully saturated rings. The van der Waals surface area contributed by atoms with Crippen molar-refractivity contribution in [1.82, 2.24) is 0 Å².